The van der Waals surface area contributed by atoms with Crippen molar-refractivity contribution >= 4 is 17.4 Å². The predicted octanol–water partition coefficient (Wildman–Crippen LogP) is 4.99. The van der Waals surface area contributed by atoms with Crippen molar-refractivity contribution in [2.24, 2.45) is 10.9 Å². The van der Waals surface area contributed by atoms with Crippen molar-refractivity contribution in [3.8, 4) is 0 Å². The number of anilines is 1. The Hall–Kier alpha value is -1.99. The Bertz CT molecular complexity index is 797. The lowest BCUT2D eigenvalue weighted by Gasteiger charge is -2.30. The van der Waals surface area contributed by atoms with Gasteiger partial charge in [0.05, 0.1) is 23.5 Å². The fourth-order valence-electron chi connectivity index (χ4n) is 4.98. The van der Waals surface area contributed by atoms with E-state index in [2.05, 4.69) is 35.7 Å². The Labute approximate surface area is 199 Å². The van der Waals surface area contributed by atoms with Crippen molar-refractivity contribution in [2.45, 2.75) is 102 Å². The van der Waals surface area contributed by atoms with Gasteiger partial charge in [-0.15, -0.1) is 0 Å². The number of nitrogens with zero attached hydrogens (tertiary/aromatic N) is 3. The summed E-state index contributed by atoms with van der Waals surface area (Å²) in [6.45, 7) is 8.77. The third-order valence-electron chi connectivity index (χ3n) is 7.05. The van der Waals surface area contributed by atoms with E-state index in [4.69, 9.17) is 14.5 Å². The number of aromatic nitrogens is 2. The van der Waals surface area contributed by atoms with Crippen LogP contribution < -0.4 is 5.32 Å². The van der Waals surface area contributed by atoms with E-state index < -0.39 is 0 Å². The van der Waals surface area contributed by atoms with Crippen LogP contribution in [-0.4, -0.2) is 59.5 Å². The average molecular weight is 459 g/mol. The molecule has 2 fully saturated rings. The minimum absolute atomic E-state index is 0.114. The summed E-state index contributed by atoms with van der Waals surface area (Å²) in [6, 6.07) is 0.290. The van der Waals surface area contributed by atoms with Crippen molar-refractivity contribution < 1.29 is 14.6 Å². The molecule has 1 unspecified atom stereocenters. The fraction of sp³-hybridized carbons (Fsp3) is 0.731. The third kappa shape index (κ3) is 7.00. The van der Waals surface area contributed by atoms with E-state index in [1.54, 1.807) is 14.2 Å². The van der Waals surface area contributed by atoms with Gasteiger partial charge in [-0.25, -0.2) is 9.97 Å². The SMILES string of the molecule is C=C(c1nc(NC(C)CCC)ncc1/C(=N\C)OC1CCC(OC)CC1)[C@H]1CC[C@H](O)CC1. The molecule has 0 amide bonds. The van der Waals surface area contributed by atoms with Crippen LogP contribution in [0.5, 0.6) is 0 Å². The zero-order valence-electron chi connectivity index (χ0n) is 20.8. The smallest absolute Gasteiger partial charge is 0.223 e. The maximum Gasteiger partial charge on any atom is 0.223 e. The topological polar surface area (TPSA) is 88.9 Å². The Morgan fingerprint density at radius 1 is 1.18 bits per heavy atom. The molecule has 2 saturated carbocycles. The maximum atomic E-state index is 9.96. The van der Waals surface area contributed by atoms with Crippen LogP contribution in [0.15, 0.2) is 17.8 Å². The highest BCUT2D eigenvalue weighted by Gasteiger charge is 2.28. The van der Waals surface area contributed by atoms with Crippen LogP contribution in [0.25, 0.3) is 5.57 Å². The Morgan fingerprint density at radius 3 is 2.45 bits per heavy atom. The molecule has 184 valence electrons. The van der Waals surface area contributed by atoms with E-state index in [0.29, 0.717) is 29.9 Å². The summed E-state index contributed by atoms with van der Waals surface area (Å²) in [4.78, 5) is 14.0. The number of nitrogens with one attached hydrogen (secondary N) is 1. The van der Waals surface area contributed by atoms with Crippen LogP contribution >= 0.6 is 0 Å². The first-order valence-corrected chi connectivity index (χ1v) is 12.6. The monoisotopic (exact) mass is 458 g/mol. The normalized spacial score (nSPS) is 27.1. The van der Waals surface area contributed by atoms with Crippen LogP contribution in [0.2, 0.25) is 0 Å². The minimum Gasteiger partial charge on any atom is -0.474 e. The standard InChI is InChI=1S/C26H42N4O3/c1-6-7-17(2)29-26-28-16-23(24(30-26)18(3)19-8-10-20(31)11-9-19)25(27-4)33-22-14-12-21(32-5)13-15-22/h16-17,19-22,31H,3,6-15H2,1-2,4-5H3,(H,28,29,30)/b27-25+/t17?,19-,20-,21?,22?. The summed E-state index contributed by atoms with van der Waals surface area (Å²) in [5.74, 6) is 1.48. The Balaban J connectivity index is 1.84. The van der Waals surface area contributed by atoms with Crippen LogP contribution in [-0.2, 0) is 9.47 Å². The number of aliphatic hydroxyl groups is 1. The molecular formula is C26H42N4O3. The highest BCUT2D eigenvalue weighted by atomic mass is 16.5. The van der Waals surface area contributed by atoms with E-state index in [0.717, 1.165) is 81.0 Å². The molecule has 0 spiro atoms. The third-order valence-corrected chi connectivity index (χ3v) is 7.05. The van der Waals surface area contributed by atoms with Gasteiger partial charge in [0.25, 0.3) is 0 Å². The fourth-order valence-corrected chi connectivity index (χ4v) is 4.98. The quantitative estimate of drug-likeness (QED) is 0.400. The van der Waals surface area contributed by atoms with E-state index in [1.165, 1.54) is 0 Å². The number of methoxy groups -OCH3 is 1. The molecule has 0 bridgehead atoms. The molecule has 1 heterocycles. The van der Waals surface area contributed by atoms with E-state index in [-0.39, 0.29) is 12.2 Å². The molecular weight excluding hydrogens is 416 g/mol. The molecule has 2 aliphatic rings. The summed E-state index contributed by atoms with van der Waals surface area (Å²) in [5.41, 5.74) is 2.60. The first-order valence-electron chi connectivity index (χ1n) is 12.6. The van der Waals surface area contributed by atoms with Gasteiger partial charge in [0, 0.05) is 26.4 Å². The largest absolute Gasteiger partial charge is 0.474 e. The molecule has 3 rings (SSSR count). The zero-order valence-corrected chi connectivity index (χ0v) is 20.8. The van der Waals surface area contributed by atoms with Gasteiger partial charge in [-0.2, -0.15) is 0 Å². The molecule has 2 N–H and O–H groups in total. The van der Waals surface area contributed by atoms with Gasteiger partial charge in [0.1, 0.15) is 6.10 Å². The van der Waals surface area contributed by atoms with E-state index in [1.807, 2.05) is 6.20 Å². The van der Waals surface area contributed by atoms with Crippen LogP contribution in [0.3, 0.4) is 0 Å². The van der Waals surface area contributed by atoms with E-state index >= 15 is 0 Å². The summed E-state index contributed by atoms with van der Waals surface area (Å²) >= 11 is 0. The second-order valence-electron chi connectivity index (χ2n) is 9.60. The lowest BCUT2D eigenvalue weighted by Crippen LogP contribution is -2.29. The highest BCUT2D eigenvalue weighted by molar-refractivity contribution is 5.98. The highest BCUT2D eigenvalue weighted by Crippen LogP contribution is 2.36. The van der Waals surface area contributed by atoms with Crippen LogP contribution in [0, 0.1) is 5.92 Å². The summed E-state index contributed by atoms with van der Waals surface area (Å²) in [6.07, 6.45) is 11.5. The van der Waals surface area contributed by atoms with Gasteiger partial charge in [0.15, 0.2) is 0 Å². The van der Waals surface area contributed by atoms with Gasteiger partial charge >= 0.3 is 0 Å². The van der Waals surface area contributed by atoms with Gasteiger partial charge in [0.2, 0.25) is 11.8 Å². The van der Waals surface area contributed by atoms with Crippen molar-refractivity contribution in [2.75, 3.05) is 19.5 Å². The van der Waals surface area contributed by atoms with Crippen molar-refractivity contribution in [3.63, 3.8) is 0 Å². The van der Waals surface area contributed by atoms with Crippen LogP contribution in [0.4, 0.5) is 5.95 Å². The average Bonchev–Trinajstić information content (AvgIpc) is 2.83. The van der Waals surface area contributed by atoms with Crippen molar-refractivity contribution in [3.05, 3.63) is 24.0 Å². The number of allylic oxidation sites excluding steroid dienone is 1. The molecule has 1 atom stereocenters. The van der Waals surface area contributed by atoms with Gasteiger partial charge in [-0.05, 0) is 76.2 Å². The van der Waals surface area contributed by atoms with Crippen LogP contribution in [0.1, 0.15) is 89.3 Å². The van der Waals surface area contributed by atoms with Crippen molar-refractivity contribution in [1.29, 1.82) is 0 Å². The number of aliphatic imine (C=N–C) groups is 1. The maximum absolute atomic E-state index is 9.96. The molecule has 0 saturated heterocycles. The van der Waals surface area contributed by atoms with Gasteiger partial charge in [-0.1, -0.05) is 19.9 Å². The Morgan fingerprint density at radius 2 is 1.85 bits per heavy atom. The Kier molecular flexibility index (Phi) is 9.68. The number of rotatable bonds is 9. The summed E-state index contributed by atoms with van der Waals surface area (Å²) in [7, 11) is 3.54. The molecule has 7 nitrogen and oxygen atoms in total. The second kappa shape index (κ2) is 12.5. The summed E-state index contributed by atoms with van der Waals surface area (Å²) < 4.78 is 11.9. The second-order valence-corrected chi connectivity index (χ2v) is 9.60. The number of aliphatic hydroxyl groups excluding tert-OH is 1. The van der Waals surface area contributed by atoms with Crippen molar-refractivity contribution in [1.82, 2.24) is 9.97 Å². The molecule has 0 aromatic carbocycles. The van der Waals surface area contributed by atoms with E-state index in [9.17, 15) is 5.11 Å². The lowest BCUT2D eigenvalue weighted by atomic mass is 9.81. The number of hydrogen-bond acceptors (Lipinski definition) is 7. The first kappa shape index (κ1) is 25.6. The molecule has 7 heteroatoms. The van der Waals surface area contributed by atoms with Gasteiger partial charge in [-0.3, -0.25) is 4.99 Å². The predicted molar refractivity (Wildman–Crippen MR) is 134 cm³/mol. The molecule has 2 aliphatic carbocycles. The lowest BCUT2D eigenvalue weighted by molar-refractivity contribution is 0.0292. The number of ether oxygens (including phenoxy) is 2. The number of hydrogen-bond donors (Lipinski definition) is 2. The molecule has 0 aliphatic heterocycles. The minimum atomic E-state index is -0.204. The first-order chi connectivity index (χ1) is 15.9. The molecule has 1 aromatic heterocycles. The zero-order chi connectivity index (χ0) is 23.8. The molecule has 0 radical (unpaired) electrons. The molecule has 1 aromatic rings. The summed E-state index contributed by atoms with van der Waals surface area (Å²) in [5, 5.41) is 13.4. The van der Waals surface area contributed by atoms with Gasteiger partial charge < -0.3 is 19.9 Å². The molecule has 33 heavy (non-hydrogen) atoms.